The van der Waals surface area contributed by atoms with Gasteiger partial charge in [0.1, 0.15) is 4.90 Å². The molecule has 6 nitrogen and oxygen atoms in total. The van der Waals surface area contributed by atoms with Crippen LogP contribution in [-0.4, -0.2) is 51.0 Å². The monoisotopic (exact) mass is 340 g/mol. The van der Waals surface area contributed by atoms with Crippen LogP contribution in [0, 0.1) is 0 Å². The van der Waals surface area contributed by atoms with Crippen LogP contribution in [0.4, 0.5) is 0 Å². The average Bonchev–Trinajstić information content (AvgIpc) is 2.34. The number of sulfonamides is 1. The zero-order chi connectivity index (χ0) is 15.5. The Labute approximate surface area is 127 Å². The van der Waals surface area contributed by atoms with Crippen molar-refractivity contribution in [3.8, 4) is 0 Å². The van der Waals surface area contributed by atoms with Gasteiger partial charge in [0.15, 0.2) is 0 Å². The van der Waals surface area contributed by atoms with Gasteiger partial charge in [0, 0.05) is 20.1 Å². The average molecular weight is 341 g/mol. The van der Waals surface area contributed by atoms with E-state index < -0.39 is 21.6 Å². The minimum atomic E-state index is -3.88. The first kappa shape index (κ1) is 17.2. The fraction of sp³-hybridized carbons (Fsp3) is 0.364. The molecule has 2 N–H and O–H groups in total. The number of carboxylic acids is 1. The Bertz CT molecular complexity index is 619. The van der Waals surface area contributed by atoms with E-state index in [4.69, 9.17) is 28.3 Å². The van der Waals surface area contributed by atoms with Crippen LogP contribution < -0.4 is 5.32 Å². The third kappa shape index (κ3) is 3.42. The van der Waals surface area contributed by atoms with E-state index in [1.54, 1.807) is 7.05 Å². The highest BCUT2D eigenvalue weighted by atomic mass is 35.5. The van der Waals surface area contributed by atoms with E-state index in [0.29, 0.717) is 6.54 Å². The van der Waals surface area contributed by atoms with E-state index in [1.165, 1.54) is 19.2 Å². The molecule has 0 spiro atoms. The van der Waals surface area contributed by atoms with Crippen LogP contribution in [0.3, 0.4) is 0 Å². The summed E-state index contributed by atoms with van der Waals surface area (Å²) in [5, 5.41) is 11.4. The van der Waals surface area contributed by atoms with E-state index in [-0.39, 0.29) is 21.5 Å². The summed E-state index contributed by atoms with van der Waals surface area (Å²) >= 11 is 11.6. The number of benzene rings is 1. The largest absolute Gasteiger partial charge is 0.478 e. The van der Waals surface area contributed by atoms with Gasteiger partial charge in [0.25, 0.3) is 0 Å². The van der Waals surface area contributed by atoms with Crippen LogP contribution >= 0.6 is 23.2 Å². The van der Waals surface area contributed by atoms with Crippen molar-refractivity contribution in [3.05, 3.63) is 27.7 Å². The van der Waals surface area contributed by atoms with Gasteiger partial charge in [-0.3, -0.25) is 0 Å². The smallest absolute Gasteiger partial charge is 0.338 e. The third-order valence-corrected chi connectivity index (χ3v) is 5.35. The number of nitrogens with one attached hydrogen (secondary N) is 1. The molecule has 0 aliphatic heterocycles. The minimum absolute atomic E-state index is 0.112. The molecule has 0 aromatic heterocycles. The van der Waals surface area contributed by atoms with E-state index in [0.717, 1.165) is 4.31 Å². The highest BCUT2D eigenvalue weighted by molar-refractivity contribution is 7.89. The molecule has 0 aliphatic rings. The van der Waals surface area contributed by atoms with Gasteiger partial charge in [-0.1, -0.05) is 23.2 Å². The van der Waals surface area contributed by atoms with E-state index in [9.17, 15) is 13.2 Å². The molecular weight excluding hydrogens is 327 g/mol. The quantitative estimate of drug-likeness (QED) is 0.820. The second-order valence-electron chi connectivity index (χ2n) is 3.97. The fourth-order valence-corrected chi connectivity index (χ4v) is 3.55. The van der Waals surface area contributed by atoms with Crippen LogP contribution in [0.15, 0.2) is 17.0 Å². The summed E-state index contributed by atoms with van der Waals surface area (Å²) in [4.78, 5) is 10.8. The molecule has 0 unspecified atom stereocenters. The van der Waals surface area contributed by atoms with Gasteiger partial charge in [0.05, 0.1) is 15.6 Å². The summed E-state index contributed by atoms with van der Waals surface area (Å²) in [6.45, 7) is 0.674. The second kappa shape index (κ2) is 6.73. The lowest BCUT2D eigenvalue weighted by molar-refractivity contribution is 0.0697. The molecule has 1 aromatic rings. The number of hydrogen-bond donors (Lipinski definition) is 2. The molecule has 0 heterocycles. The number of carboxylic acid groups (broad SMARTS) is 1. The predicted octanol–water partition coefficient (Wildman–Crippen LogP) is 1.53. The number of halogens is 2. The van der Waals surface area contributed by atoms with Crippen LogP contribution in [0.2, 0.25) is 10.0 Å². The van der Waals surface area contributed by atoms with Crippen molar-refractivity contribution in [1.29, 1.82) is 0 Å². The molecule has 20 heavy (non-hydrogen) atoms. The van der Waals surface area contributed by atoms with Crippen molar-refractivity contribution < 1.29 is 18.3 Å². The number of hydrogen-bond acceptors (Lipinski definition) is 4. The van der Waals surface area contributed by atoms with Crippen molar-refractivity contribution >= 4 is 39.2 Å². The van der Waals surface area contributed by atoms with Crippen LogP contribution in [-0.2, 0) is 10.0 Å². The van der Waals surface area contributed by atoms with Gasteiger partial charge < -0.3 is 10.4 Å². The molecule has 0 aliphatic carbocycles. The minimum Gasteiger partial charge on any atom is -0.478 e. The Kier molecular flexibility index (Phi) is 5.79. The van der Waals surface area contributed by atoms with Crippen molar-refractivity contribution in [2.45, 2.75) is 4.90 Å². The maximum absolute atomic E-state index is 12.3. The molecular formula is C11H14Cl2N2O4S. The Morgan fingerprint density at radius 1 is 1.40 bits per heavy atom. The summed E-state index contributed by atoms with van der Waals surface area (Å²) in [7, 11) is -0.796. The predicted molar refractivity (Wildman–Crippen MR) is 77.2 cm³/mol. The number of aromatic carboxylic acids is 1. The SMILES string of the molecule is CNCCN(C)S(=O)(=O)c1ccc(Cl)c(C(=O)O)c1Cl. The topological polar surface area (TPSA) is 86.7 Å². The normalized spacial score (nSPS) is 11.8. The highest BCUT2D eigenvalue weighted by Gasteiger charge is 2.27. The van der Waals surface area contributed by atoms with Crippen LogP contribution in [0.5, 0.6) is 0 Å². The molecule has 1 aromatic carbocycles. The zero-order valence-electron chi connectivity index (χ0n) is 10.9. The van der Waals surface area contributed by atoms with Gasteiger partial charge in [0.2, 0.25) is 10.0 Å². The van der Waals surface area contributed by atoms with E-state index in [2.05, 4.69) is 5.32 Å². The van der Waals surface area contributed by atoms with Gasteiger partial charge in [-0.05, 0) is 19.2 Å². The summed E-state index contributed by atoms with van der Waals surface area (Å²) in [6, 6.07) is 2.40. The van der Waals surface area contributed by atoms with Crippen LogP contribution in [0.1, 0.15) is 10.4 Å². The van der Waals surface area contributed by atoms with Crippen molar-refractivity contribution in [2.75, 3.05) is 27.2 Å². The maximum atomic E-state index is 12.3. The van der Waals surface area contributed by atoms with Crippen molar-refractivity contribution in [3.63, 3.8) is 0 Å². The summed E-state index contributed by atoms with van der Waals surface area (Å²) in [6.07, 6.45) is 0. The van der Waals surface area contributed by atoms with Gasteiger partial charge in [-0.2, -0.15) is 4.31 Å². The molecule has 0 saturated carbocycles. The van der Waals surface area contributed by atoms with Crippen LogP contribution in [0.25, 0.3) is 0 Å². The third-order valence-electron chi connectivity index (χ3n) is 2.63. The Morgan fingerprint density at radius 2 is 2.00 bits per heavy atom. The van der Waals surface area contributed by atoms with E-state index >= 15 is 0 Å². The standard InChI is InChI=1S/C11H14Cl2N2O4S/c1-14-5-6-15(2)20(18,19)8-4-3-7(12)9(10(8)13)11(16)17/h3-4,14H,5-6H2,1-2H3,(H,16,17). The Balaban J connectivity index is 3.33. The fourth-order valence-electron chi connectivity index (χ4n) is 1.49. The first-order chi connectivity index (χ1) is 9.23. The molecule has 0 radical (unpaired) electrons. The molecule has 0 atom stereocenters. The molecule has 0 saturated heterocycles. The maximum Gasteiger partial charge on any atom is 0.338 e. The molecule has 112 valence electrons. The van der Waals surface area contributed by atoms with Crippen molar-refractivity contribution in [2.24, 2.45) is 0 Å². The first-order valence-electron chi connectivity index (χ1n) is 5.55. The highest BCUT2D eigenvalue weighted by Crippen LogP contribution is 2.32. The first-order valence-corrected chi connectivity index (χ1v) is 7.75. The lowest BCUT2D eigenvalue weighted by Crippen LogP contribution is -2.33. The number of rotatable bonds is 6. The van der Waals surface area contributed by atoms with Gasteiger partial charge >= 0.3 is 5.97 Å². The van der Waals surface area contributed by atoms with Gasteiger partial charge in [-0.15, -0.1) is 0 Å². The lowest BCUT2D eigenvalue weighted by atomic mass is 10.2. The van der Waals surface area contributed by atoms with Gasteiger partial charge in [-0.25, -0.2) is 13.2 Å². The summed E-state index contributed by atoms with van der Waals surface area (Å²) in [5.41, 5.74) is -0.420. The number of nitrogens with zero attached hydrogens (tertiary/aromatic N) is 1. The Morgan fingerprint density at radius 3 is 2.50 bits per heavy atom. The molecule has 0 amide bonds. The molecule has 0 bridgehead atoms. The lowest BCUT2D eigenvalue weighted by Gasteiger charge is -2.18. The molecule has 9 heteroatoms. The second-order valence-corrected chi connectivity index (χ2v) is 6.77. The number of likely N-dealkylation sites (N-methyl/N-ethyl adjacent to an activating group) is 2. The molecule has 1 rings (SSSR count). The summed E-state index contributed by atoms with van der Waals surface area (Å²) < 4.78 is 25.7. The molecule has 0 fully saturated rings. The Hall–Kier alpha value is -0.860. The zero-order valence-corrected chi connectivity index (χ0v) is 13.2. The number of carbonyl (C=O) groups is 1. The van der Waals surface area contributed by atoms with Crippen molar-refractivity contribution in [1.82, 2.24) is 9.62 Å². The van der Waals surface area contributed by atoms with E-state index in [1.807, 2.05) is 0 Å². The summed E-state index contributed by atoms with van der Waals surface area (Å²) in [5.74, 6) is -1.38.